The molecule has 1 nitrogen and oxygen atoms in total. The monoisotopic (exact) mass is 603 g/mol. The Kier molecular flexibility index (Phi) is 5.96. The van der Waals surface area contributed by atoms with Crippen LogP contribution in [0.15, 0.2) is 152 Å². The zero-order valence-electron chi connectivity index (χ0n) is 27.4. The Morgan fingerprint density at radius 2 is 1.00 bits per heavy atom. The lowest BCUT2D eigenvalue weighted by atomic mass is 9.79. The van der Waals surface area contributed by atoms with Crippen molar-refractivity contribution in [2.75, 3.05) is 4.90 Å². The zero-order chi connectivity index (χ0) is 31.9. The molecule has 0 spiro atoms. The molecule has 0 saturated carbocycles. The lowest BCUT2D eigenvalue weighted by Crippen LogP contribution is -2.21. The van der Waals surface area contributed by atoms with Crippen LogP contribution in [0.4, 0.5) is 17.1 Å². The first-order valence-corrected chi connectivity index (χ1v) is 16.7. The van der Waals surface area contributed by atoms with Crippen molar-refractivity contribution in [1.29, 1.82) is 0 Å². The minimum absolute atomic E-state index is 0.140. The smallest absolute Gasteiger partial charge is 0.0549 e. The van der Waals surface area contributed by atoms with Gasteiger partial charge in [0.15, 0.2) is 0 Å². The highest BCUT2D eigenvalue weighted by Crippen LogP contribution is 2.59. The molecule has 0 bridgehead atoms. The van der Waals surface area contributed by atoms with Crippen LogP contribution in [0.3, 0.4) is 0 Å². The standard InChI is InChI=1S/C46H37N/c1-45(2)38-22-12-10-19-35(38)36-21-14-24-40(43(36)45)47(33-27-25-31(26-28-33)30-15-6-5-7-16-30)41-29-32-17-8-9-18-34(32)44-42(41)37-20-11-13-23-39(37)46(44,3)4/h5-29H,1-4H3. The first-order valence-electron chi connectivity index (χ1n) is 16.7. The molecule has 9 rings (SSSR count). The van der Waals surface area contributed by atoms with E-state index in [1.54, 1.807) is 0 Å². The lowest BCUT2D eigenvalue weighted by Gasteiger charge is -2.34. The highest BCUT2D eigenvalue weighted by molar-refractivity contribution is 6.06. The van der Waals surface area contributed by atoms with Gasteiger partial charge in [0, 0.05) is 22.1 Å². The second-order valence-corrected chi connectivity index (χ2v) is 14.2. The average molecular weight is 604 g/mol. The second-order valence-electron chi connectivity index (χ2n) is 14.2. The molecule has 0 aromatic heterocycles. The van der Waals surface area contributed by atoms with Crippen LogP contribution in [0, 0.1) is 0 Å². The van der Waals surface area contributed by atoms with Crippen molar-refractivity contribution in [2.45, 2.75) is 38.5 Å². The van der Waals surface area contributed by atoms with Gasteiger partial charge in [-0.25, -0.2) is 0 Å². The molecule has 0 unspecified atom stereocenters. The normalized spacial score (nSPS) is 14.7. The summed E-state index contributed by atoms with van der Waals surface area (Å²) < 4.78 is 0. The quantitative estimate of drug-likeness (QED) is 0.193. The van der Waals surface area contributed by atoms with E-state index in [9.17, 15) is 0 Å². The summed E-state index contributed by atoms with van der Waals surface area (Å²) in [6, 6.07) is 56.1. The molecule has 47 heavy (non-hydrogen) atoms. The third kappa shape index (κ3) is 3.96. The van der Waals surface area contributed by atoms with Crippen LogP contribution >= 0.6 is 0 Å². The molecule has 7 aromatic carbocycles. The van der Waals surface area contributed by atoms with Crippen molar-refractivity contribution < 1.29 is 0 Å². The topological polar surface area (TPSA) is 3.24 Å². The SMILES string of the molecule is CC1(C)c2ccccc2-c2cccc(N(c3ccc(-c4ccccc4)cc3)c3cc4ccccc4c4c3-c3ccccc3C4(C)C)c21. The molecule has 0 heterocycles. The van der Waals surface area contributed by atoms with Crippen molar-refractivity contribution in [3.63, 3.8) is 0 Å². The van der Waals surface area contributed by atoms with Gasteiger partial charge in [-0.1, -0.05) is 155 Å². The molecule has 0 radical (unpaired) electrons. The molecular weight excluding hydrogens is 567 g/mol. The van der Waals surface area contributed by atoms with E-state index in [0.717, 1.165) is 5.69 Å². The lowest BCUT2D eigenvalue weighted by molar-refractivity contribution is 0.660. The van der Waals surface area contributed by atoms with E-state index in [1.165, 1.54) is 77.8 Å². The fourth-order valence-electron chi connectivity index (χ4n) is 8.66. The minimum Gasteiger partial charge on any atom is -0.310 e. The highest BCUT2D eigenvalue weighted by atomic mass is 15.1. The third-order valence-corrected chi connectivity index (χ3v) is 10.8. The van der Waals surface area contributed by atoms with E-state index >= 15 is 0 Å². The van der Waals surface area contributed by atoms with Crippen LogP contribution in [0.5, 0.6) is 0 Å². The Morgan fingerprint density at radius 1 is 0.426 bits per heavy atom. The van der Waals surface area contributed by atoms with Crippen LogP contribution in [0.25, 0.3) is 44.2 Å². The number of anilines is 3. The van der Waals surface area contributed by atoms with Gasteiger partial charge in [-0.05, 0) is 85.1 Å². The molecule has 0 N–H and O–H groups in total. The van der Waals surface area contributed by atoms with E-state index in [2.05, 4.69) is 184 Å². The molecule has 0 amide bonds. The van der Waals surface area contributed by atoms with E-state index in [1.807, 2.05) is 0 Å². The van der Waals surface area contributed by atoms with Gasteiger partial charge in [0.1, 0.15) is 0 Å². The summed E-state index contributed by atoms with van der Waals surface area (Å²) in [5.41, 5.74) is 16.6. The first kappa shape index (κ1) is 27.9. The Balaban J connectivity index is 1.38. The Hall–Kier alpha value is -5.40. The van der Waals surface area contributed by atoms with Crippen molar-refractivity contribution in [3.8, 4) is 33.4 Å². The van der Waals surface area contributed by atoms with Gasteiger partial charge in [0.25, 0.3) is 0 Å². The van der Waals surface area contributed by atoms with Crippen molar-refractivity contribution in [3.05, 3.63) is 174 Å². The van der Waals surface area contributed by atoms with Gasteiger partial charge in [0.2, 0.25) is 0 Å². The summed E-state index contributed by atoms with van der Waals surface area (Å²) in [7, 11) is 0. The predicted molar refractivity (Wildman–Crippen MR) is 199 cm³/mol. The van der Waals surface area contributed by atoms with E-state index in [4.69, 9.17) is 0 Å². The van der Waals surface area contributed by atoms with Gasteiger partial charge >= 0.3 is 0 Å². The second kappa shape index (κ2) is 10.0. The number of hydrogen-bond acceptors (Lipinski definition) is 1. The maximum absolute atomic E-state index is 2.56. The third-order valence-electron chi connectivity index (χ3n) is 10.8. The molecular formula is C46H37N. The predicted octanol–water partition coefficient (Wildman–Crippen LogP) is 12.6. The Morgan fingerprint density at radius 3 is 1.77 bits per heavy atom. The van der Waals surface area contributed by atoms with Gasteiger partial charge < -0.3 is 4.90 Å². The Bertz CT molecular complexity index is 2340. The van der Waals surface area contributed by atoms with Crippen molar-refractivity contribution in [2.24, 2.45) is 0 Å². The average Bonchev–Trinajstić information content (AvgIpc) is 3.50. The first-order chi connectivity index (χ1) is 22.9. The van der Waals surface area contributed by atoms with Gasteiger partial charge in [-0.3, -0.25) is 0 Å². The molecule has 7 aromatic rings. The summed E-state index contributed by atoms with van der Waals surface area (Å²) in [5.74, 6) is 0. The fraction of sp³-hybridized carbons (Fsp3) is 0.130. The summed E-state index contributed by atoms with van der Waals surface area (Å²) in [5, 5.41) is 2.60. The molecule has 0 atom stereocenters. The number of hydrogen-bond donors (Lipinski definition) is 0. The molecule has 1 heteroatoms. The molecule has 2 aliphatic carbocycles. The Labute approximate surface area is 277 Å². The van der Waals surface area contributed by atoms with Gasteiger partial charge in [0.05, 0.1) is 11.4 Å². The molecule has 2 aliphatic rings. The summed E-state index contributed by atoms with van der Waals surface area (Å²) in [6.07, 6.45) is 0. The van der Waals surface area contributed by atoms with Gasteiger partial charge in [-0.15, -0.1) is 0 Å². The summed E-state index contributed by atoms with van der Waals surface area (Å²) in [6.45, 7) is 9.57. The van der Waals surface area contributed by atoms with Crippen LogP contribution in [0.2, 0.25) is 0 Å². The number of benzene rings is 7. The summed E-state index contributed by atoms with van der Waals surface area (Å²) >= 11 is 0. The van der Waals surface area contributed by atoms with E-state index < -0.39 is 0 Å². The molecule has 0 fully saturated rings. The van der Waals surface area contributed by atoms with Gasteiger partial charge in [-0.2, -0.15) is 0 Å². The minimum atomic E-state index is -0.165. The van der Waals surface area contributed by atoms with Crippen LogP contribution in [-0.2, 0) is 10.8 Å². The van der Waals surface area contributed by atoms with Crippen LogP contribution < -0.4 is 4.90 Å². The molecule has 0 saturated heterocycles. The summed E-state index contributed by atoms with van der Waals surface area (Å²) in [4.78, 5) is 2.56. The molecule has 226 valence electrons. The maximum Gasteiger partial charge on any atom is 0.0549 e. The van der Waals surface area contributed by atoms with Crippen molar-refractivity contribution in [1.82, 2.24) is 0 Å². The number of nitrogens with zero attached hydrogens (tertiary/aromatic N) is 1. The van der Waals surface area contributed by atoms with E-state index in [-0.39, 0.29) is 10.8 Å². The largest absolute Gasteiger partial charge is 0.310 e. The zero-order valence-corrected chi connectivity index (χ0v) is 27.4. The fourth-order valence-corrected chi connectivity index (χ4v) is 8.66. The highest BCUT2D eigenvalue weighted by Gasteiger charge is 2.42. The number of rotatable bonds is 4. The van der Waals surface area contributed by atoms with E-state index in [0.29, 0.717) is 0 Å². The van der Waals surface area contributed by atoms with Crippen molar-refractivity contribution >= 4 is 27.8 Å². The number of fused-ring (bicyclic) bond motifs is 8. The van der Waals surface area contributed by atoms with Crippen LogP contribution in [-0.4, -0.2) is 0 Å². The van der Waals surface area contributed by atoms with Crippen LogP contribution in [0.1, 0.15) is 49.9 Å². The maximum atomic E-state index is 2.56. The molecule has 0 aliphatic heterocycles.